The largest absolute Gasteiger partial charge is 0.572 e. The van der Waals surface area contributed by atoms with Crippen LogP contribution in [0.2, 0.25) is 0 Å². The van der Waals surface area contributed by atoms with Crippen molar-refractivity contribution in [2.24, 2.45) is 0 Å². The fraction of sp³-hybridized carbons (Fsp3) is 0.353. The SMILES string of the molecule is C/C(=C\C=C1/C(C)OCC12C(=O)Nc1ccccc12)OC(F)(F)F. The Labute approximate surface area is 136 Å². The zero-order valence-corrected chi connectivity index (χ0v) is 13.1. The molecule has 0 aliphatic carbocycles. The zero-order valence-electron chi connectivity index (χ0n) is 13.1. The van der Waals surface area contributed by atoms with Crippen LogP contribution in [-0.2, 0) is 19.7 Å². The summed E-state index contributed by atoms with van der Waals surface area (Å²) >= 11 is 0. The van der Waals surface area contributed by atoms with Crippen molar-refractivity contribution in [2.45, 2.75) is 31.7 Å². The van der Waals surface area contributed by atoms with Gasteiger partial charge in [-0.1, -0.05) is 24.3 Å². The summed E-state index contributed by atoms with van der Waals surface area (Å²) in [6.07, 6.45) is -2.44. The minimum Gasteiger partial charge on any atom is -0.411 e. The van der Waals surface area contributed by atoms with Gasteiger partial charge in [0.25, 0.3) is 0 Å². The molecule has 0 saturated carbocycles. The summed E-state index contributed by atoms with van der Waals surface area (Å²) in [7, 11) is 0. The Bertz CT molecular complexity index is 739. The van der Waals surface area contributed by atoms with Crippen LogP contribution in [0.25, 0.3) is 0 Å². The molecule has 3 rings (SSSR count). The highest BCUT2D eigenvalue weighted by Crippen LogP contribution is 2.48. The molecular weight excluding hydrogens is 323 g/mol. The molecular formula is C17H16F3NO3. The van der Waals surface area contributed by atoms with E-state index in [-0.39, 0.29) is 18.3 Å². The number of allylic oxidation sites excluding steroid dienone is 3. The minimum absolute atomic E-state index is 0.149. The van der Waals surface area contributed by atoms with Gasteiger partial charge in [-0.25, -0.2) is 0 Å². The number of amides is 1. The lowest BCUT2D eigenvalue weighted by Crippen LogP contribution is -2.37. The summed E-state index contributed by atoms with van der Waals surface area (Å²) in [5.41, 5.74) is 1.06. The zero-order chi connectivity index (χ0) is 17.5. The normalized spacial score (nSPS) is 28.4. The lowest BCUT2D eigenvalue weighted by Gasteiger charge is -2.22. The molecule has 1 saturated heterocycles. The maximum absolute atomic E-state index is 12.6. The second kappa shape index (κ2) is 5.66. The first-order chi connectivity index (χ1) is 11.2. The third-order valence-electron chi connectivity index (χ3n) is 4.28. The molecule has 1 amide bonds. The van der Waals surface area contributed by atoms with E-state index in [0.29, 0.717) is 11.3 Å². The molecule has 7 heteroatoms. The van der Waals surface area contributed by atoms with Crippen molar-refractivity contribution in [3.63, 3.8) is 0 Å². The second-order valence-electron chi connectivity index (χ2n) is 5.81. The fourth-order valence-corrected chi connectivity index (χ4v) is 3.22. The number of hydrogen-bond acceptors (Lipinski definition) is 3. The molecule has 1 fully saturated rings. The number of ether oxygens (including phenoxy) is 2. The van der Waals surface area contributed by atoms with E-state index in [0.717, 1.165) is 5.56 Å². The number of benzene rings is 1. The number of alkyl halides is 3. The van der Waals surface area contributed by atoms with Crippen molar-refractivity contribution in [1.82, 2.24) is 0 Å². The van der Waals surface area contributed by atoms with Gasteiger partial charge in [0.05, 0.1) is 12.7 Å². The minimum atomic E-state index is -4.74. The number of fused-ring (bicyclic) bond motifs is 2. The van der Waals surface area contributed by atoms with Crippen LogP contribution in [0.3, 0.4) is 0 Å². The highest BCUT2D eigenvalue weighted by molar-refractivity contribution is 6.09. The molecule has 0 aromatic heterocycles. The molecule has 4 nitrogen and oxygen atoms in total. The summed E-state index contributed by atoms with van der Waals surface area (Å²) in [6.45, 7) is 3.12. The number of carbonyl (C=O) groups is 1. The molecule has 1 aromatic rings. The van der Waals surface area contributed by atoms with E-state index >= 15 is 0 Å². The van der Waals surface area contributed by atoms with Crippen LogP contribution in [0.1, 0.15) is 19.4 Å². The third-order valence-corrected chi connectivity index (χ3v) is 4.28. The van der Waals surface area contributed by atoms with Gasteiger partial charge in [-0.05, 0) is 37.1 Å². The van der Waals surface area contributed by atoms with Gasteiger partial charge in [0.2, 0.25) is 5.91 Å². The number of hydrogen-bond donors (Lipinski definition) is 1. The van der Waals surface area contributed by atoms with E-state index in [4.69, 9.17) is 4.74 Å². The number of halogens is 3. The van der Waals surface area contributed by atoms with Crippen molar-refractivity contribution in [3.05, 3.63) is 53.3 Å². The Morgan fingerprint density at radius 1 is 1.42 bits per heavy atom. The number of carbonyl (C=O) groups excluding carboxylic acids is 1. The van der Waals surface area contributed by atoms with E-state index < -0.39 is 17.9 Å². The van der Waals surface area contributed by atoms with E-state index in [2.05, 4.69) is 10.1 Å². The topological polar surface area (TPSA) is 47.6 Å². The van der Waals surface area contributed by atoms with Crippen molar-refractivity contribution in [3.8, 4) is 0 Å². The smallest absolute Gasteiger partial charge is 0.411 e. The molecule has 128 valence electrons. The summed E-state index contributed by atoms with van der Waals surface area (Å²) < 4.78 is 46.3. The molecule has 2 unspecified atom stereocenters. The molecule has 1 spiro atoms. The quantitative estimate of drug-likeness (QED) is 0.837. The summed E-state index contributed by atoms with van der Waals surface area (Å²) in [5.74, 6) is -0.543. The first-order valence-corrected chi connectivity index (χ1v) is 7.41. The van der Waals surface area contributed by atoms with Gasteiger partial charge in [0, 0.05) is 5.69 Å². The monoisotopic (exact) mass is 339 g/mol. The van der Waals surface area contributed by atoms with Crippen molar-refractivity contribution in [1.29, 1.82) is 0 Å². The van der Waals surface area contributed by atoms with Crippen LogP contribution < -0.4 is 5.32 Å². The predicted molar refractivity (Wildman–Crippen MR) is 81.1 cm³/mol. The van der Waals surface area contributed by atoms with Crippen LogP contribution in [0, 0.1) is 0 Å². The van der Waals surface area contributed by atoms with Crippen molar-refractivity contribution in [2.75, 3.05) is 11.9 Å². The lowest BCUT2D eigenvalue weighted by molar-refractivity contribution is -0.305. The standard InChI is InChI=1S/C17H16F3NO3/c1-10(24-17(18,19)20)7-8-12-11(2)23-9-16(12)13-5-3-4-6-14(13)21-15(16)22/h3-8,11H,9H2,1-2H3,(H,21,22)/b10-7+,12-8+. The first-order valence-electron chi connectivity index (χ1n) is 7.41. The van der Waals surface area contributed by atoms with Gasteiger partial charge >= 0.3 is 6.36 Å². The highest BCUT2D eigenvalue weighted by Gasteiger charge is 2.54. The van der Waals surface area contributed by atoms with Gasteiger partial charge in [-0.3, -0.25) is 4.79 Å². The van der Waals surface area contributed by atoms with Crippen LogP contribution in [0.4, 0.5) is 18.9 Å². The summed E-state index contributed by atoms with van der Waals surface area (Å²) in [4.78, 5) is 12.6. The Hall–Kier alpha value is -2.28. The number of anilines is 1. The summed E-state index contributed by atoms with van der Waals surface area (Å²) in [6, 6.07) is 7.24. The van der Waals surface area contributed by atoms with Gasteiger partial charge in [-0.2, -0.15) is 0 Å². The fourth-order valence-electron chi connectivity index (χ4n) is 3.22. The van der Waals surface area contributed by atoms with Crippen LogP contribution in [0.5, 0.6) is 0 Å². The third kappa shape index (κ3) is 2.69. The molecule has 1 N–H and O–H groups in total. The average molecular weight is 339 g/mol. The van der Waals surface area contributed by atoms with E-state index in [1.165, 1.54) is 19.1 Å². The van der Waals surface area contributed by atoms with Crippen molar-refractivity contribution < 1.29 is 27.4 Å². The van der Waals surface area contributed by atoms with Crippen LogP contribution in [-0.4, -0.2) is 25.0 Å². The summed E-state index contributed by atoms with van der Waals surface area (Å²) in [5, 5.41) is 2.81. The Morgan fingerprint density at radius 2 is 2.12 bits per heavy atom. The molecule has 0 bridgehead atoms. The Balaban J connectivity index is 2.02. The molecule has 24 heavy (non-hydrogen) atoms. The molecule has 2 heterocycles. The molecule has 2 aliphatic rings. The van der Waals surface area contributed by atoms with Crippen LogP contribution >= 0.6 is 0 Å². The van der Waals surface area contributed by atoms with Crippen LogP contribution in [0.15, 0.2) is 47.7 Å². The van der Waals surface area contributed by atoms with E-state index in [1.807, 2.05) is 18.2 Å². The van der Waals surface area contributed by atoms with E-state index in [9.17, 15) is 18.0 Å². The van der Waals surface area contributed by atoms with Gasteiger partial charge in [-0.15, -0.1) is 13.2 Å². The highest BCUT2D eigenvalue weighted by atomic mass is 19.4. The van der Waals surface area contributed by atoms with Gasteiger partial charge in [0.15, 0.2) is 0 Å². The predicted octanol–water partition coefficient (Wildman–Crippen LogP) is 3.66. The Morgan fingerprint density at radius 3 is 2.83 bits per heavy atom. The van der Waals surface area contributed by atoms with Crippen molar-refractivity contribution >= 4 is 11.6 Å². The lowest BCUT2D eigenvalue weighted by atomic mass is 9.75. The Kier molecular flexibility index (Phi) is 3.91. The second-order valence-corrected chi connectivity index (χ2v) is 5.81. The number of para-hydroxylation sites is 1. The maximum Gasteiger partial charge on any atom is 0.572 e. The molecule has 1 aromatic carbocycles. The molecule has 2 aliphatic heterocycles. The maximum atomic E-state index is 12.6. The number of rotatable bonds is 2. The molecule has 2 atom stereocenters. The number of nitrogens with one attached hydrogen (secondary N) is 1. The van der Waals surface area contributed by atoms with E-state index in [1.54, 1.807) is 13.0 Å². The van der Waals surface area contributed by atoms with Gasteiger partial charge in [0.1, 0.15) is 11.2 Å². The first kappa shape index (κ1) is 16.6. The molecule has 0 radical (unpaired) electrons. The average Bonchev–Trinajstić information content (AvgIpc) is 2.95. The van der Waals surface area contributed by atoms with Gasteiger partial charge < -0.3 is 14.8 Å².